The van der Waals surface area contributed by atoms with Gasteiger partial charge in [0.05, 0.1) is 18.1 Å². The van der Waals surface area contributed by atoms with Gasteiger partial charge in [0, 0.05) is 11.5 Å². The molecule has 2 nitrogen and oxygen atoms in total. The summed E-state index contributed by atoms with van der Waals surface area (Å²) in [6, 6.07) is 11.0. The highest BCUT2D eigenvalue weighted by atomic mass is 16.5. The molecule has 100 valence electrons. The van der Waals surface area contributed by atoms with Crippen molar-refractivity contribution in [1.82, 2.24) is 0 Å². The Labute approximate surface area is 115 Å². The first kappa shape index (κ1) is 12.5. The molecule has 1 aliphatic carbocycles. The molecule has 0 spiro atoms. The van der Waals surface area contributed by atoms with Crippen molar-refractivity contribution in [1.29, 1.82) is 5.26 Å². The predicted octanol–water partition coefficient (Wildman–Crippen LogP) is 4.42. The topological polar surface area (TPSA) is 33.0 Å². The van der Waals surface area contributed by atoms with E-state index in [1.807, 2.05) is 12.1 Å². The number of hydrogen-bond donors (Lipinski definition) is 0. The van der Waals surface area contributed by atoms with Crippen LogP contribution in [0.4, 0.5) is 0 Å². The number of nitrogens with zero attached hydrogens (tertiary/aromatic N) is 1. The van der Waals surface area contributed by atoms with E-state index in [0.717, 1.165) is 31.6 Å². The molecule has 2 aliphatic rings. The summed E-state index contributed by atoms with van der Waals surface area (Å²) < 4.78 is 5.76. The number of nitriles is 1. The second kappa shape index (κ2) is 5.25. The molecule has 1 unspecified atom stereocenters. The van der Waals surface area contributed by atoms with Crippen molar-refractivity contribution in [2.75, 3.05) is 6.61 Å². The Hall–Kier alpha value is -1.49. The second-order valence-electron chi connectivity index (χ2n) is 6.06. The Balaban J connectivity index is 1.79. The maximum Gasteiger partial charge on any atom is 0.122 e. The molecule has 1 fully saturated rings. The van der Waals surface area contributed by atoms with E-state index < -0.39 is 0 Å². The Morgan fingerprint density at radius 2 is 1.89 bits per heavy atom. The molecule has 0 saturated heterocycles. The molecule has 0 N–H and O–H groups in total. The molecule has 19 heavy (non-hydrogen) atoms. The number of ether oxygens (including phenoxy) is 1. The Morgan fingerprint density at radius 1 is 1.16 bits per heavy atom. The molecule has 0 bridgehead atoms. The zero-order chi connectivity index (χ0) is 13.1. The second-order valence-corrected chi connectivity index (χ2v) is 6.06. The van der Waals surface area contributed by atoms with Crippen LogP contribution in [0, 0.1) is 16.7 Å². The SMILES string of the molecule is N#CC1(CC2COc3ccccc32)CCCCCC1. The smallest absolute Gasteiger partial charge is 0.122 e. The predicted molar refractivity (Wildman–Crippen MR) is 75.0 cm³/mol. The van der Waals surface area contributed by atoms with E-state index in [9.17, 15) is 5.26 Å². The monoisotopic (exact) mass is 255 g/mol. The van der Waals surface area contributed by atoms with E-state index in [1.165, 1.54) is 31.2 Å². The summed E-state index contributed by atoms with van der Waals surface area (Å²) in [5, 5.41) is 9.68. The van der Waals surface area contributed by atoms with E-state index in [1.54, 1.807) is 0 Å². The lowest BCUT2D eigenvalue weighted by Crippen LogP contribution is -2.22. The standard InChI is InChI=1S/C17H21NO/c18-13-17(9-5-1-2-6-10-17)11-14-12-19-16-8-4-3-7-15(14)16/h3-4,7-8,14H,1-2,5-6,9-12H2. The molecule has 0 amide bonds. The Bertz CT molecular complexity index is 480. The van der Waals surface area contributed by atoms with Crippen LogP contribution in [0.1, 0.15) is 56.4 Å². The van der Waals surface area contributed by atoms with Gasteiger partial charge in [-0.1, -0.05) is 43.9 Å². The molecule has 1 aliphatic heterocycles. The van der Waals surface area contributed by atoms with Crippen molar-refractivity contribution in [2.45, 2.75) is 50.9 Å². The van der Waals surface area contributed by atoms with Crippen LogP contribution in [-0.2, 0) is 0 Å². The maximum atomic E-state index is 9.68. The molecule has 1 aromatic carbocycles. The minimum Gasteiger partial charge on any atom is -0.493 e. The van der Waals surface area contributed by atoms with Crippen molar-refractivity contribution < 1.29 is 4.74 Å². The molecule has 1 atom stereocenters. The lowest BCUT2D eigenvalue weighted by atomic mass is 9.73. The van der Waals surface area contributed by atoms with Crippen molar-refractivity contribution in [3.05, 3.63) is 29.8 Å². The van der Waals surface area contributed by atoms with Crippen LogP contribution in [0.25, 0.3) is 0 Å². The van der Waals surface area contributed by atoms with E-state index in [4.69, 9.17) is 4.74 Å². The third-order valence-corrected chi connectivity index (χ3v) is 4.73. The van der Waals surface area contributed by atoms with Gasteiger partial charge in [0.2, 0.25) is 0 Å². The zero-order valence-corrected chi connectivity index (χ0v) is 11.4. The fraction of sp³-hybridized carbons (Fsp3) is 0.588. The number of rotatable bonds is 2. The van der Waals surface area contributed by atoms with Gasteiger partial charge in [-0.25, -0.2) is 0 Å². The molecular weight excluding hydrogens is 234 g/mol. The molecule has 0 radical (unpaired) electrons. The van der Waals surface area contributed by atoms with Gasteiger partial charge in [-0.2, -0.15) is 5.26 Å². The van der Waals surface area contributed by atoms with Crippen LogP contribution in [0.3, 0.4) is 0 Å². The fourth-order valence-electron chi connectivity index (χ4n) is 3.64. The summed E-state index contributed by atoms with van der Waals surface area (Å²) in [5.41, 5.74) is 1.20. The van der Waals surface area contributed by atoms with Crippen LogP contribution in [0.2, 0.25) is 0 Å². The van der Waals surface area contributed by atoms with Gasteiger partial charge in [-0.3, -0.25) is 0 Å². The maximum absolute atomic E-state index is 9.68. The first-order valence-electron chi connectivity index (χ1n) is 7.46. The molecule has 0 aromatic heterocycles. The first-order valence-corrected chi connectivity index (χ1v) is 7.46. The van der Waals surface area contributed by atoms with E-state index in [0.29, 0.717) is 5.92 Å². The van der Waals surface area contributed by atoms with Gasteiger partial charge in [0.25, 0.3) is 0 Å². The average molecular weight is 255 g/mol. The largest absolute Gasteiger partial charge is 0.493 e. The normalized spacial score (nSPS) is 24.9. The van der Waals surface area contributed by atoms with Crippen LogP contribution in [-0.4, -0.2) is 6.61 Å². The third-order valence-electron chi connectivity index (χ3n) is 4.73. The minimum atomic E-state index is -0.109. The Kier molecular flexibility index (Phi) is 3.46. The summed E-state index contributed by atoms with van der Waals surface area (Å²) >= 11 is 0. The molecule has 1 aromatic rings. The summed E-state index contributed by atoms with van der Waals surface area (Å²) in [6.07, 6.45) is 8.12. The summed E-state index contributed by atoms with van der Waals surface area (Å²) in [7, 11) is 0. The van der Waals surface area contributed by atoms with Crippen LogP contribution in [0.5, 0.6) is 5.75 Å². The number of benzene rings is 1. The highest BCUT2D eigenvalue weighted by Crippen LogP contribution is 2.46. The minimum absolute atomic E-state index is 0.109. The summed E-state index contributed by atoms with van der Waals surface area (Å²) in [5.74, 6) is 1.43. The third kappa shape index (κ3) is 2.47. The number of hydrogen-bond acceptors (Lipinski definition) is 2. The van der Waals surface area contributed by atoms with E-state index >= 15 is 0 Å². The summed E-state index contributed by atoms with van der Waals surface area (Å²) in [4.78, 5) is 0. The van der Waals surface area contributed by atoms with Gasteiger partial charge >= 0.3 is 0 Å². The number of fused-ring (bicyclic) bond motifs is 1. The lowest BCUT2D eigenvalue weighted by molar-refractivity contribution is 0.252. The average Bonchev–Trinajstić information content (AvgIpc) is 2.70. The van der Waals surface area contributed by atoms with Crippen LogP contribution >= 0.6 is 0 Å². The van der Waals surface area contributed by atoms with Gasteiger partial charge in [0.15, 0.2) is 0 Å². The zero-order valence-electron chi connectivity index (χ0n) is 11.4. The fourth-order valence-corrected chi connectivity index (χ4v) is 3.64. The van der Waals surface area contributed by atoms with Crippen molar-refractivity contribution >= 4 is 0 Å². The molecule has 2 heteroatoms. The summed E-state index contributed by atoms with van der Waals surface area (Å²) in [6.45, 7) is 0.753. The van der Waals surface area contributed by atoms with Gasteiger partial charge in [0.1, 0.15) is 5.75 Å². The molecule has 1 heterocycles. The molecule has 3 rings (SSSR count). The van der Waals surface area contributed by atoms with Crippen molar-refractivity contribution in [3.8, 4) is 11.8 Å². The molecular formula is C17H21NO. The Morgan fingerprint density at radius 3 is 2.63 bits per heavy atom. The van der Waals surface area contributed by atoms with E-state index in [-0.39, 0.29) is 5.41 Å². The van der Waals surface area contributed by atoms with Gasteiger partial charge in [-0.05, 0) is 25.3 Å². The van der Waals surface area contributed by atoms with Gasteiger partial charge < -0.3 is 4.74 Å². The number of para-hydroxylation sites is 1. The van der Waals surface area contributed by atoms with Crippen molar-refractivity contribution in [2.24, 2.45) is 5.41 Å². The highest BCUT2D eigenvalue weighted by molar-refractivity contribution is 5.40. The van der Waals surface area contributed by atoms with Crippen LogP contribution < -0.4 is 4.74 Å². The lowest BCUT2D eigenvalue weighted by Gasteiger charge is -2.27. The highest BCUT2D eigenvalue weighted by Gasteiger charge is 2.36. The van der Waals surface area contributed by atoms with Crippen LogP contribution in [0.15, 0.2) is 24.3 Å². The van der Waals surface area contributed by atoms with Gasteiger partial charge in [-0.15, -0.1) is 0 Å². The van der Waals surface area contributed by atoms with E-state index in [2.05, 4.69) is 18.2 Å². The molecule has 1 saturated carbocycles. The quantitative estimate of drug-likeness (QED) is 0.733. The first-order chi connectivity index (χ1) is 9.33. The van der Waals surface area contributed by atoms with Crippen molar-refractivity contribution in [3.63, 3.8) is 0 Å².